The van der Waals surface area contributed by atoms with Crippen LogP contribution in [0.5, 0.6) is 0 Å². The average Bonchev–Trinajstić information content (AvgIpc) is 2.76. The van der Waals surface area contributed by atoms with Gasteiger partial charge in [-0.25, -0.2) is 0 Å². The summed E-state index contributed by atoms with van der Waals surface area (Å²) in [6.07, 6.45) is 3.58. The molecule has 0 radical (unpaired) electrons. The molecule has 0 saturated carbocycles. The maximum Gasteiger partial charge on any atom is 0.224 e. The smallest absolute Gasteiger partial charge is 0.224 e. The second kappa shape index (κ2) is 5.25. The molecule has 5 heteroatoms. The molecule has 0 bridgehead atoms. The number of rotatable bonds is 2. The molecular formula is C15H12BrNO3. The molecule has 0 spiro atoms. The number of aryl methyl sites for hydroxylation is 1. The Labute approximate surface area is 124 Å². The van der Waals surface area contributed by atoms with Gasteiger partial charge >= 0.3 is 0 Å². The highest BCUT2D eigenvalue weighted by Gasteiger charge is 2.18. The van der Waals surface area contributed by atoms with E-state index < -0.39 is 0 Å². The third kappa shape index (κ3) is 2.41. The van der Waals surface area contributed by atoms with Crippen LogP contribution in [0.1, 0.15) is 34.3 Å². The molecule has 0 aliphatic carbocycles. The number of amides is 1. The van der Waals surface area contributed by atoms with Gasteiger partial charge in [-0.15, -0.1) is 0 Å². The number of furan rings is 1. The van der Waals surface area contributed by atoms with Gasteiger partial charge in [-0.2, -0.15) is 0 Å². The third-order valence-electron chi connectivity index (χ3n) is 3.35. The Balaban J connectivity index is 1.96. The summed E-state index contributed by atoms with van der Waals surface area (Å²) >= 11 is 3.21. The number of hydrogen-bond acceptors (Lipinski definition) is 3. The van der Waals surface area contributed by atoms with Crippen molar-refractivity contribution in [1.82, 2.24) is 0 Å². The minimum Gasteiger partial charge on any atom is -0.457 e. The lowest BCUT2D eigenvalue weighted by molar-refractivity contribution is -0.116. The number of fused-ring (bicyclic) bond motifs is 1. The number of halogens is 1. The molecule has 1 N–H and O–H groups in total. The SMILES string of the molecule is O=C1CCCc2cc(C(=O)c3ccoc3Br)ccc2N1. The summed E-state index contributed by atoms with van der Waals surface area (Å²) in [6, 6.07) is 7.01. The Kier molecular flexibility index (Phi) is 3.44. The van der Waals surface area contributed by atoms with Gasteiger partial charge in [0.25, 0.3) is 0 Å². The largest absolute Gasteiger partial charge is 0.457 e. The van der Waals surface area contributed by atoms with Crippen molar-refractivity contribution in [2.75, 3.05) is 5.32 Å². The lowest BCUT2D eigenvalue weighted by Gasteiger charge is -2.08. The Bertz CT molecular complexity index is 690. The first kappa shape index (κ1) is 13.1. The number of hydrogen-bond donors (Lipinski definition) is 1. The summed E-state index contributed by atoms with van der Waals surface area (Å²) in [6.45, 7) is 0. The van der Waals surface area contributed by atoms with Gasteiger partial charge in [0.2, 0.25) is 5.91 Å². The molecule has 1 aliphatic rings. The average molecular weight is 334 g/mol. The van der Waals surface area contributed by atoms with Crippen LogP contribution in [0.15, 0.2) is 39.6 Å². The van der Waals surface area contributed by atoms with Crippen LogP contribution in [0.3, 0.4) is 0 Å². The summed E-state index contributed by atoms with van der Waals surface area (Å²) in [5.74, 6) is -0.0654. The van der Waals surface area contributed by atoms with Gasteiger partial charge in [-0.05, 0) is 58.6 Å². The topological polar surface area (TPSA) is 59.3 Å². The number of anilines is 1. The molecular weight excluding hydrogens is 322 g/mol. The lowest BCUT2D eigenvalue weighted by Crippen LogP contribution is -2.09. The van der Waals surface area contributed by atoms with Crippen molar-refractivity contribution >= 4 is 33.3 Å². The van der Waals surface area contributed by atoms with Gasteiger partial charge in [0.1, 0.15) is 0 Å². The second-order valence-electron chi connectivity index (χ2n) is 4.71. The van der Waals surface area contributed by atoms with Crippen LogP contribution in [0.2, 0.25) is 0 Å². The summed E-state index contributed by atoms with van der Waals surface area (Å²) in [7, 11) is 0. The summed E-state index contributed by atoms with van der Waals surface area (Å²) in [4.78, 5) is 23.9. The number of carbonyl (C=O) groups excluding carboxylic acids is 2. The first-order chi connectivity index (χ1) is 9.65. The Morgan fingerprint density at radius 3 is 2.85 bits per heavy atom. The predicted octanol–water partition coefficient (Wildman–Crippen LogP) is 3.55. The van der Waals surface area contributed by atoms with Gasteiger partial charge < -0.3 is 9.73 Å². The van der Waals surface area contributed by atoms with E-state index in [1.54, 1.807) is 18.2 Å². The Morgan fingerprint density at radius 1 is 1.25 bits per heavy atom. The van der Waals surface area contributed by atoms with Crippen molar-refractivity contribution < 1.29 is 14.0 Å². The minimum atomic E-state index is -0.0935. The van der Waals surface area contributed by atoms with Crippen LogP contribution in [0.4, 0.5) is 5.69 Å². The highest BCUT2D eigenvalue weighted by Crippen LogP contribution is 2.26. The van der Waals surface area contributed by atoms with E-state index in [-0.39, 0.29) is 11.7 Å². The zero-order valence-corrected chi connectivity index (χ0v) is 12.2. The first-order valence-corrected chi connectivity index (χ1v) is 7.15. The number of ketones is 1. The molecule has 1 aliphatic heterocycles. The number of carbonyl (C=O) groups is 2. The van der Waals surface area contributed by atoms with E-state index in [2.05, 4.69) is 21.2 Å². The molecule has 0 atom stereocenters. The molecule has 3 rings (SSSR count). The molecule has 1 aromatic carbocycles. The molecule has 0 fully saturated rings. The fourth-order valence-corrected chi connectivity index (χ4v) is 2.75. The van der Waals surface area contributed by atoms with Crippen molar-refractivity contribution in [3.05, 3.63) is 51.9 Å². The fraction of sp³-hybridized carbons (Fsp3) is 0.200. The summed E-state index contributed by atoms with van der Waals surface area (Å²) in [5, 5.41) is 2.86. The van der Waals surface area contributed by atoms with Gasteiger partial charge in [-0.3, -0.25) is 9.59 Å². The highest BCUT2D eigenvalue weighted by atomic mass is 79.9. The van der Waals surface area contributed by atoms with Gasteiger partial charge in [-0.1, -0.05) is 0 Å². The van der Waals surface area contributed by atoms with E-state index in [1.165, 1.54) is 6.26 Å². The Hall–Kier alpha value is -1.88. The molecule has 20 heavy (non-hydrogen) atoms. The third-order valence-corrected chi connectivity index (χ3v) is 3.97. The van der Waals surface area contributed by atoms with E-state index in [0.29, 0.717) is 22.2 Å². The summed E-state index contributed by atoms with van der Waals surface area (Å²) in [5.41, 5.74) is 2.90. The van der Waals surface area contributed by atoms with E-state index in [4.69, 9.17) is 4.42 Å². The van der Waals surface area contributed by atoms with Crippen LogP contribution in [-0.4, -0.2) is 11.7 Å². The molecule has 2 heterocycles. The molecule has 4 nitrogen and oxygen atoms in total. The van der Waals surface area contributed by atoms with E-state index in [0.717, 1.165) is 24.1 Å². The van der Waals surface area contributed by atoms with Crippen molar-refractivity contribution in [2.45, 2.75) is 19.3 Å². The van der Waals surface area contributed by atoms with E-state index in [9.17, 15) is 9.59 Å². The maximum atomic E-state index is 12.4. The van der Waals surface area contributed by atoms with Crippen LogP contribution < -0.4 is 5.32 Å². The molecule has 0 unspecified atom stereocenters. The van der Waals surface area contributed by atoms with Gasteiger partial charge in [0.05, 0.1) is 11.8 Å². The van der Waals surface area contributed by atoms with Crippen LogP contribution in [-0.2, 0) is 11.2 Å². The second-order valence-corrected chi connectivity index (χ2v) is 5.43. The van der Waals surface area contributed by atoms with Crippen molar-refractivity contribution in [3.8, 4) is 0 Å². The fourth-order valence-electron chi connectivity index (χ4n) is 2.33. The Morgan fingerprint density at radius 2 is 2.10 bits per heavy atom. The number of nitrogens with one attached hydrogen (secondary N) is 1. The van der Waals surface area contributed by atoms with Gasteiger partial charge in [0, 0.05) is 17.7 Å². The quantitative estimate of drug-likeness (QED) is 0.855. The van der Waals surface area contributed by atoms with Crippen LogP contribution in [0.25, 0.3) is 0 Å². The van der Waals surface area contributed by atoms with Crippen molar-refractivity contribution in [1.29, 1.82) is 0 Å². The lowest BCUT2D eigenvalue weighted by atomic mass is 10.00. The van der Waals surface area contributed by atoms with E-state index in [1.807, 2.05) is 6.07 Å². The molecule has 1 aromatic heterocycles. The van der Waals surface area contributed by atoms with Crippen LogP contribution >= 0.6 is 15.9 Å². The normalized spacial score (nSPS) is 14.3. The molecule has 102 valence electrons. The molecule has 0 saturated heterocycles. The van der Waals surface area contributed by atoms with Crippen molar-refractivity contribution in [3.63, 3.8) is 0 Å². The molecule has 1 amide bonds. The minimum absolute atomic E-state index is 0.0282. The summed E-state index contributed by atoms with van der Waals surface area (Å²) < 4.78 is 5.53. The van der Waals surface area contributed by atoms with Gasteiger partial charge in [0.15, 0.2) is 10.5 Å². The zero-order valence-electron chi connectivity index (χ0n) is 10.6. The standard InChI is InChI=1S/C15H12BrNO3/c16-15-11(6-7-20-15)14(19)10-4-5-12-9(8-10)2-1-3-13(18)17-12/h4-8H,1-3H2,(H,17,18). The predicted molar refractivity (Wildman–Crippen MR) is 77.9 cm³/mol. The van der Waals surface area contributed by atoms with Crippen molar-refractivity contribution in [2.24, 2.45) is 0 Å². The molecule has 2 aromatic rings. The van der Waals surface area contributed by atoms with E-state index >= 15 is 0 Å². The highest BCUT2D eigenvalue weighted by molar-refractivity contribution is 9.10. The first-order valence-electron chi connectivity index (χ1n) is 6.35. The van der Waals surface area contributed by atoms with Crippen LogP contribution in [0, 0.1) is 0 Å². The zero-order chi connectivity index (χ0) is 14.1. The number of benzene rings is 1. The monoisotopic (exact) mass is 333 g/mol. The maximum absolute atomic E-state index is 12.4.